The van der Waals surface area contributed by atoms with E-state index in [-0.39, 0.29) is 0 Å². The lowest BCUT2D eigenvalue weighted by Gasteiger charge is -2.29. The van der Waals surface area contributed by atoms with Crippen LogP contribution in [0, 0.1) is 0 Å². The number of H-pyrrole nitrogens is 1. The van der Waals surface area contributed by atoms with E-state index in [4.69, 9.17) is 0 Å². The Hall–Kier alpha value is -3.44. The van der Waals surface area contributed by atoms with E-state index >= 15 is 0 Å². The summed E-state index contributed by atoms with van der Waals surface area (Å²) >= 11 is 0. The molecule has 2 unspecified atom stereocenters. The number of hydrogen-bond donors (Lipinski definition) is 1. The second-order valence-corrected chi connectivity index (χ2v) is 8.89. The van der Waals surface area contributed by atoms with Gasteiger partial charge in [0.25, 0.3) is 0 Å². The summed E-state index contributed by atoms with van der Waals surface area (Å²) < 4.78 is 2.30. The highest BCUT2D eigenvalue weighted by atomic mass is 15.2. The van der Waals surface area contributed by atoms with E-state index in [2.05, 4.69) is 97.2 Å². The minimum absolute atomic E-state index is 0.504. The summed E-state index contributed by atoms with van der Waals surface area (Å²) in [6.07, 6.45) is 9.44. The summed E-state index contributed by atoms with van der Waals surface area (Å²) in [4.78, 5) is 15.1. The standard InChI is InChI=1S/C27H27N5/c1-3-7-20(8-4-1)18-31(19-21-9-5-2-6-10-21)23-12-11-22(15-23)25-16-29-26-17-30-27-24(32(25)26)13-14-28-27/h1-10,13-14,16-17,22-23,28H,11-12,15,18-19H2. The van der Waals surface area contributed by atoms with Gasteiger partial charge in [-0.25, -0.2) is 9.97 Å². The predicted octanol–water partition coefficient (Wildman–Crippen LogP) is 5.55. The van der Waals surface area contributed by atoms with Crippen molar-refractivity contribution in [1.82, 2.24) is 24.3 Å². The molecule has 1 saturated carbocycles. The number of nitrogens with one attached hydrogen (secondary N) is 1. The molecule has 32 heavy (non-hydrogen) atoms. The normalized spacial score (nSPS) is 18.8. The summed E-state index contributed by atoms with van der Waals surface area (Å²) in [5.74, 6) is 0.504. The molecule has 1 fully saturated rings. The van der Waals surface area contributed by atoms with Crippen molar-refractivity contribution in [2.75, 3.05) is 0 Å². The van der Waals surface area contributed by atoms with Crippen molar-refractivity contribution in [2.24, 2.45) is 0 Å². The van der Waals surface area contributed by atoms with Gasteiger partial charge in [0.15, 0.2) is 11.3 Å². The number of rotatable bonds is 6. The predicted molar refractivity (Wildman–Crippen MR) is 127 cm³/mol. The second-order valence-electron chi connectivity index (χ2n) is 8.89. The molecule has 5 heteroatoms. The molecule has 3 aromatic heterocycles. The van der Waals surface area contributed by atoms with Gasteiger partial charge in [-0.05, 0) is 36.5 Å². The molecule has 5 aromatic rings. The minimum Gasteiger partial charge on any atom is -0.345 e. The van der Waals surface area contributed by atoms with Crippen molar-refractivity contribution in [2.45, 2.75) is 44.3 Å². The average molecular weight is 422 g/mol. The zero-order valence-corrected chi connectivity index (χ0v) is 18.1. The summed E-state index contributed by atoms with van der Waals surface area (Å²) in [6, 6.07) is 24.4. The molecule has 1 aliphatic carbocycles. The summed E-state index contributed by atoms with van der Waals surface area (Å²) in [6.45, 7) is 1.96. The number of imidazole rings is 1. The van der Waals surface area contributed by atoms with Crippen LogP contribution in [-0.2, 0) is 13.1 Å². The molecule has 2 aromatic carbocycles. The van der Waals surface area contributed by atoms with Crippen LogP contribution in [0.4, 0.5) is 0 Å². The molecule has 160 valence electrons. The lowest BCUT2D eigenvalue weighted by molar-refractivity contribution is 0.179. The van der Waals surface area contributed by atoms with Crippen LogP contribution in [0.15, 0.2) is 85.3 Å². The lowest BCUT2D eigenvalue weighted by Crippen LogP contribution is -2.32. The van der Waals surface area contributed by atoms with Crippen molar-refractivity contribution in [3.05, 3.63) is 102 Å². The first-order chi connectivity index (χ1) is 15.8. The monoisotopic (exact) mass is 421 g/mol. The van der Waals surface area contributed by atoms with Crippen LogP contribution in [0.2, 0.25) is 0 Å². The molecule has 0 aliphatic heterocycles. The van der Waals surface area contributed by atoms with Crippen LogP contribution < -0.4 is 0 Å². The molecule has 0 saturated heterocycles. The fourth-order valence-corrected chi connectivity index (χ4v) is 5.29. The maximum Gasteiger partial charge on any atom is 0.156 e. The average Bonchev–Trinajstić information content (AvgIpc) is 3.58. The molecule has 6 rings (SSSR count). The first kappa shape index (κ1) is 19.3. The van der Waals surface area contributed by atoms with E-state index in [0.717, 1.165) is 36.3 Å². The van der Waals surface area contributed by atoms with Crippen molar-refractivity contribution in [3.8, 4) is 0 Å². The van der Waals surface area contributed by atoms with E-state index in [9.17, 15) is 0 Å². The fourth-order valence-electron chi connectivity index (χ4n) is 5.29. The molecule has 1 aliphatic rings. The first-order valence-corrected chi connectivity index (χ1v) is 11.5. The van der Waals surface area contributed by atoms with E-state index in [0.29, 0.717) is 12.0 Å². The largest absolute Gasteiger partial charge is 0.345 e. The Labute approximate surface area is 187 Å². The van der Waals surface area contributed by atoms with Gasteiger partial charge < -0.3 is 4.98 Å². The third-order valence-electron chi connectivity index (χ3n) is 6.87. The van der Waals surface area contributed by atoms with E-state index in [1.807, 2.05) is 12.4 Å². The molecule has 3 heterocycles. The number of aromatic nitrogens is 4. The molecule has 0 radical (unpaired) electrons. The van der Waals surface area contributed by atoms with Crippen molar-refractivity contribution in [1.29, 1.82) is 0 Å². The highest BCUT2D eigenvalue weighted by Gasteiger charge is 2.32. The Morgan fingerprint density at radius 3 is 2.28 bits per heavy atom. The summed E-state index contributed by atoms with van der Waals surface area (Å²) in [5.41, 5.74) is 7.03. The zero-order chi connectivity index (χ0) is 21.3. The van der Waals surface area contributed by atoms with Gasteiger partial charge in [0.05, 0.1) is 11.7 Å². The Kier molecular flexibility index (Phi) is 4.96. The third kappa shape index (κ3) is 3.59. The van der Waals surface area contributed by atoms with Gasteiger partial charge in [-0.1, -0.05) is 60.7 Å². The van der Waals surface area contributed by atoms with Crippen molar-refractivity contribution in [3.63, 3.8) is 0 Å². The number of hydrogen-bond acceptors (Lipinski definition) is 3. The van der Waals surface area contributed by atoms with E-state index < -0.39 is 0 Å². The SMILES string of the molecule is c1ccc(CN(Cc2ccccc2)C2CCC(c3cnc4cnc5[nH]ccc5n34)C2)cc1. The van der Waals surface area contributed by atoms with Gasteiger partial charge in [0, 0.05) is 43.1 Å². The number of benzene rings is 2. The molecule has 1 N–H and O–H groups in total. The van der Waals surface area contributed by atoms with Gasteiger partial charge in [0.1, 0.15) is 0 Å². The van der Waals surface area contributed by atoms with Crippen LogP contribution in [-0.4, -0.2) is 30.3 Å². The fraction of sp³-hybridized carbons (Fsp3) is 0.259. The zero-order valence-electron chi connectivity index (χ0n) is 18.1. The molecular formula is C27H27N5. The van der Waals surface area contributed by atoms with Gasteiger partial charge in [-0.15, -0.1) is 0 Å². The highest BCUT2D eigenvalue weighted by molar-refractivity contribution is 5.74. The Morgan fingerprint density at radius 1 is 0.844 bits per heavy atom. The summed E-state index contributed by atoms with van der Waals surface area (Å²) in [7, 11) is 0. The Bertz CT molecular complexity index is 1280. The quantitative estimate of drug-likeness (QED) is 0.391. The number of fused-ring (bicyclic) bond motifs is 3. The van der Waals surface area contributed by atoms with Crippen LogP contribution in [0.3, 0.4) is 0 Å². The lowest BCUT2D eigenvalue weighted by atomic mass is 10.0. The highest BCUT2D eigenvalue weighted by Crippen LogP contribution is 2.38. The van der Waals surface area contributed by atoms with Crippen molar-refractivity contribution >= 4 is 16.8 Å². The first-order valence-electron chi connectivity index (χ1n) is 11.5. The minimum atomic E-state index is 0.504. The smallest absolute Gasteiger partial charge is 0.156 e. The third-order valence-corrected chi connectivity index (χ3v) is 6.87. The topological polar surface area (TPSA) is 49.2 Å². The maximum absolute atomic E-state index is 4.67. The maximum atomic E-state index is 4.67. The molecular weight excluding hydrogens is 394 g/mol. The number of aromatic amines is 1. The Morgan fingerprint density at radius 2 is 1.56 bits per heavy atom. The molecule has 0 amide bonds. The Balaban J connectivity index is 1.29. The van der Waals surface area contributed by atoms with Crippen molar-refractivity contribution < 1.29 is 0 Å². The van der Waals surface area contributed by atoms with Crippen LogP contribution >= 0.6 is 0 Å². The van der Waals surface area contributed by atoms with Gasteiger partial charge in [-0.2, -0.15) is 0 Å². The molecule has 0 bridgehead atoms. The molecule has 0 spiro atoms. The van der Waals surface area contributed by atoms with Gasteiger partial charge >= 0.3 is 0 Å². The van der Waals surface area contributed by atoms with E-state index in [1.54, 1.807) is 0 Å². The van der Waals surface area contributed by atoms with Gasteiger partial charge in [0.2, 0.25) is 0 Å². The van der Waals surface area contributed by atoms with Crippen LogP contribution in [0.5, 0.6) is 0 Å². The molecule has 5 nitrogen and oxygen atoms in total. The summed E-state index contributed by atoms with van der Waals surface area (Å²) in [5, 5.41) is 0. The van der Waals surface area contributed by atoms with Gasteiger partial charge in [-0.3, -0.25) is 9.30 Å². The van der Waals surface area contributed by atoms with E-state index in [1.165, 1.54) is 29.7 Å². The molecule has 2 atom stereocenters. The van der Waals surface area contributed by atoms with Crippen LogP contribution in [0.1, 0.15) is 42.0 Å². The second kappa shape index (κ2) is 8.24. The number of nitrogens with zero attached hydrogens (tertiary/aromatic N) is 4. The van der Waals surface area contributed by atoms with Crippen LogP contribution in [0.25, 0.3) is 16.8 Å².